The lowest BCUT2D eigenvalue weighted by Crippen LogP contribution is -2.18. The van der Waals surface area contributed by atoms with E-state index in [1.54, 1.807) is 29.9 Å². The van der Waals surface area contributed by atoms with Crippen LogP contribution in [-0.2, 0) is 6.42 Å². The quantitative estimate of drug-likeness (QED) is 0.352. The number of fused-ring (bicyclic) bond motifs is 1. The number of hydrogen-bond donors (Lipinski definition) is 3. The van der Waals surface area contributed by atoms with Gasteiger partial charge in [-0.05, 0) is 42.3 Å². The van der Waals surface area contributed by atoms with Gasteiger partial charge in [-0.15, -0.1) is 0 Å². The number of pyridine rings is 1. The maximum absolute atomic E-state index is 11.5. The van der Waals surface area contributed by atoms with Crippen LogP contribution >= 0.6 is 0 Å². The average molecular weight is 374 g/mol. The minimum atomic E-state index is -0.598. The zero-order valence-corrected chi connectivity index (χ0v) is 14.9. The highest BCUT2D eigenvalue weighted by Gasteiger charge is 2.12. The lowest BCUT2D eigenvalue weighted by molar-refractivity contribution is 0.0706. The third kappa shape index (κ3) is 3.84. The van der Waals surface area contributed by atoms with Gasteiger partial charge in [0.2, 0.25) is 5.89 Å². The minimum Gasteiger partial charge on any atom is -0.436 e. The number of benzene rings is 2. The fourth-order valence-electron chi connectivity index (χ4n) is 2.86. The number of oxazole rings is 1. The first-order valence-electron chi connectivity index (χ1n) is 8.82. The molecule has 3 N–H and O–H groups in total. The monoisotopic (exact) mass is 374 g/mol. The van der Waals surface area contributed by atoms with Gasteiger partial charge in [0, 0.05) is 18.3 Å². The molecule has 0 fully saturated rings. The van der Waals surface area contributed by atoms with Gasteiger partial charge in [-0.1, -0.05) is 30.3 Å². The van der Waals surface area contributed by atoms with Crippen molar-refractivity contribution in [3.05, 3.63) is 78.0 Å². The molecule has 2 aromatic carbocycles. The van der Waals surface area contributed by atoms with Crippen molar-refractivity contribution in [2.45, 2.75) is 6.42 Å². The first-order valence-corrected chi connectivity index (χ1v) is 8.82. The molecular formula is C21H18N4O3. The second kappa shape index (κ2) is 7.89. The molecule has 0 atom stereocenters. The van der Waals surface area contributed by atoms with Gasteiger partial charge >= 0.3 is 0 Å². The first kappa shape index (κ1) is 17.7. The Bertz CT molecular complexity index is 1090. The molecule has 2 aromatic heterocycles. The molecule has 0 saturated heterocycles. The maximum atomic E-state index is 11.5. The molecule has 0 unspecified atom stereocenters. The number of hydrogen-bond acceptors (Lipinski definition) is 6. The summed E-state index contributed by atoms with van der Waals surface area (Å²) in [5.41, 5.74) is 4.98. The Balaban J connectivity index is 1.45. The van der Waals surface area contributed by atoms with Crippen LogP contribution in [0.15, 0.2) is 71.3 Å². The fourth-order valence-corrected chi connectivity index (χ4v) is 2.86. The SMILES string of the molecule is O=C(NO)c1ccc2oc(-c3ccc(NCCc4ccccc4)nc3)nc2c1. The number of nitrogens with zero attached hydrogens (tertiary/aromatic N) is 2. The first-order chi connectivity index (χ1) is 13.7. The van der Waals surface area contributed by atoms with Crippen LogP contribution in [-0.4, -0.2) is 27.6 Å². The number of amides is 1. The van der Waals surface area contributed by atoms with E-state index in [4.69, 9.17) is 9.62 Å². The molecule has 0 saturated carbocycles. The topological polar surface area (TPSA) is 100 Å². The van der Waals surface area contributed by atoms with Crippen LogP contribution < -0.4 is 10.8 Å². The fraction of sp³-hybridized carbons (Fsp3) is 0.0952. The van der Waals surface area contributed by atoms with E-state index in [9.17, 15) is 4.79 Å². The Hall–Kier alpha value is -3.71. The second-order valence-electron chi connectivity index (χ2n) is 6.24. The molecule has 4 rings (SSSR count). The van der Waals surface area contributed by atoms with E-state index in [2.05, 4.69) is 27.4 Å². The van der Waals surface area contributed by atoms with Crippen molar-refractivity contribution in [2.24, 2.45) is 0 Å². The van der Waals surface area contributed by atoms with Gasteiger partial charge in [0.25, 0.3) is 5.91 Å². The van der Waals surface area contributed by atoms with Gasteiger partial charge in [-0.3, -0.25) is 10.0 Å². The molecule has 1 amide bonds. The average Bonchev–Trinajstić information content (AvgIpc) is 3.18. The Morgan fingerprint density at radius 2 is 1.93 bits per heavy atom. The van der Waals surface area contributed by atoms with Crippen LogP contribution in [0.3, 0.4) is 0 Å². The Kier molecular flexibility index (Phi) is 4.99. The van der Waals surface area contributed by atoms with Crippen LogP contribution in [0.25, 0.3) is 22.6 Å². The van der Waals surface area contributed by atoms with Gasteiger partial charge in [0.05, 0.1) is 5.56 Å². The van der Waals surface area contributed by atoms with E-state index in [-0.39, 0.29) is 0 Å². The summed E-state index contributed by atoms with van der Waals surface area (Å²) in [5, 5.41) is 12.0. The van der Waals surface area contributed by atoms with Crippen molar-refractivity contribution in [1.29, 1.82) is 0 Å². The van der Waals surface area contributed by atoms with Crippen LogP contribution in [0.5, 0.6) is 0 Å². The summed E-state index contributed by atoms with van der Waals surface area (Å²) in [6.07, 6.45) is 2.61. The molecule has 0 aliphatic heterocycles. The second-order valence-corrected chi connectivity index (χ2v) is 6.24. The lowest BCUT2D eigenvalue weighted by atomic mass is 10.1. The summed E-state index contributed by atoms with van der Waals surface area (Å²) < 4.78 is 5.74. The number of rotatable bonds is 6. The third-order valence-corrected chi connectivity index (χ3v) is 4.32. The highest BCUT2D eigenvalue weighted by Crippen LogP contribution is 2.25. The van der Waals surface area contributed by atoms with Crippen LogP contribution in [0.1, 0.15) is 15.9 Å². The van der Waals surface area contributed by atoms with Gasteiger partial charge in [0.1, 0.15) is 11.3 Å². The van der Waals surface area contributed by atoms with Crippen LogP contribution in [0.4, 0.5) is 5.82 Å². The summed E-state index contributed by atoms with van der Waals surface area (Å²) in [5.74, 6) is 0.594. The predicted molar refractivity (Wildman–Crippen MR) is 105 cm³/mol. The highest BCUT2D eigenvalue weighted by atomic mass is 16.5. The summed E-state index contributed by atoms with van der Waals surface area (Å²) in [6, 6.07) is 18.8. The lowest BCUT2D eigenvalue weighted by Gasteiger charge is -2.06. The number of anilines is 1. The van der Waals surface area contributed by atoms with Crippen LogP contribution in [0, 0.1) is 0 Å². The molecule has 0 radical (unpaired) electrons. The summed E-state index contributed by atoms with van der Waals surface area (Å²) >= 11 is 0. The Labute approximate surface area is 161 Å². The van der Waals surface area contributed by atoms with Crippen molar-refractivity contribution in [2.75, 3.05) is 11.9 Å². The molecule has 0 bridgehead atoms. The Morgan fingerprint density at radius 1 is 1.07 bits per heavy atom. The number of carbonyl (C=O) groups is 1. The zero-order chi connectivity index (χ0) is 19.3. The number of carbonyl (C=O) groups excluding carboxylic acids is 1. The van der Waals surface area contributed by atoms with Gasteiger partial charge in [-0.25, -0.2) is 15.4 Å². The molecule has 7 heteroatoms. The normalized spacial score (nSPS) is 10.8. The van der Waals surface area contributed by atoms with Crippen LogP contribution in [0.2, 0.25) is 0 Å². The number of hydroxylamine groups is 1. The van der Waals surface area contributed by atoms with Crippen molar-refractivity contribution in [3.63, 3.8) is 0 Å². The maximum Gasteiger partial charge on any atom is 0.274 e. The van der Waals surface area contributed by atoms with Crippen molar-refractivity contribution in [3.8, 4) is 11.5 Å². The molecule has 7 nitrogen and oxygen atoms in total. The smallest absolute Gasteiger partial charge is 0.274 e. The predicted octanol–water partition coefficient (Wildman–Crippen LogP) is 3.66. The van der Waals surface area contributed by atoms with Gasteiger partial charge in [0.15, 0.2) is 5.58 Å². The molecule has 0 aliphatic carbocycles. The number of nitrogens with one attached hydrogen (secondary N) is 2. The highest BCUT2D eigenvalue weighted by molar-refractivity contribution is 5.96. The van der Waals surface area contributed by atoms with Gasteiger partial charge in [-0.2, -0.15) is 0 Å². The van der Waals surface area contributed by atoms with Crippen molar-refractivity contribution >= 4 is 22.8 Å². The number of aromatic nitrogens is 2. The summed E-state index contributed by atoms with van der Waals surface area (Å²) in [4.78, 5) is 20.3. The minimum absolute atomic E-state index is 0.297. The molecule has 4 aromatic rings. The molecule has 0 spiro atoms. The molecule has 0 aliphatic rings. The zero-order valence-electron chi connectivity index (χ0n) is 14.9. The summed E-state index contributed by atoms with van der Waals surface area (Å²) in [6.45, 7) is 0.787. The van der Waals surface area contributed by atoms with Crippen molar-refractivity contribution in [1.82, 2.24) is 15.4 Å². The van der Waals surface area contributed by atoms with Gasteiger partial charge < -0.3 is 9.73 Å². The largest absolute Gasteiger partial charge is 0.436 e. The summed E-state index contributed by atoms with van der Waals surface area (Å²) in [7, 11) is 0. The standard InChI is InChI=1S/C21H18N4O3/c26-20(25-27)15-6-8-18-17(12-15)24-21(28-18)16-7-9-19(23-13-16)22-11-10-14-4-2-1-3-5-14/h1-9,12-13,27H,10-11H2,(H,22,23)(H,25,26). The third-order valence-electron chi connectivity index (χ3n) is 4.32. The molecule has 140 valence electrons. The Morgan fingerprint density at radius 3 is 2.68 bits per heavy atom. The molecular weight excluding hydrogens is 356 g/mol. The van der Waals surface area contributed by atoms with E-state index in [1.807, 2.05) is 30.3 Å². The van der Waals surface area contributed by atoms with E-state index in [0.29, 0.717) is 22.6 Å². The van der Waals surface area contributed by atoms with E-state index in [1.165, 1.54) is 5.56 Å². The van der Waals surface area contributed by atoms with E-state index >= 15 is 0 Å². The van der Waals surface area contributed by atoms with E-state index in [0.717, 1.165) is 24.3 Å². The van der Waals surface area contributed by atoms with E-state index < -0.39 is 5.91 Å². The van der Waals surface area contributed by atoms with Crippen molar-refractivity contribution < 1.29 is 14.4 Å². The molecule has 28 heavy (non-hydrogen) atoms. The molecule has 2 heterocycles.